The number of benzene rings is 2. The van der Waals surface area contributed by atoms with Crippen molar-refractivity contribution in [2.24, 2.45) is 0 Å². The maximum atomic E-state index is 12.8. The number of thioether (sulfide) groups is 1. The molecule has 0 saturated carbocycles. The van der Waals surface area contributed by atoms with Gasteiger partial charge in [-0.3, -0.25) is 14.5 Å². The average molecular weight is 384 g/mol. The number of carbonyl (C=O) groups excluding carboxylic acids is 2. The number of hydrogen-bond donors (Lipinski definition) is 1. The van der Waals surface area contributed by atoms with E-state index in [1.165, 1.54) is 23.6 Å². The fourth-order valence-electron chi connectivity index (χ4n) is 2.51. The highest BCUT2D eigenvalue weighted by Gasteiger charge is 2.33. The Hall–Kier alpha value is -2.64. The van der Waals surface area contributed by atoms with Crippen molar-refractivity contribution in [1.29, 1.82) is 0 Å². The van der Waals surface area contributed by atoms with E-state index >= 15 is 0 Å². The summed E-state index contributed by atoms with van der Waals surface area (Å²) in [6.07, 6.45) is 1.78. The van der Waals surface area contributed by atoms with Crippen molar-refractivity contribution in [2.75, 3.05) is 17.3 Å². The quantitative estimate of drug-likeness (QED) is 0.636. The van der Waals surface area contributed by atoms with Crippen LogP contribution >= 0.6 is 24.0 Å². The van der Waals surface area contributed by atoms with Crippen molar-refractivity contribution >= 4 is 57.6 Å². The Bertz CT molecular complexity index is 907. The summed E-state index contributed by atoms with van der Waals surface area (Å²) >= 11 is 6.63. The molecule has 0 atom stereocenters. The maximum absolute atomic E-state index is 12.8. The molecule has 2 aromatic carbocycles. The molecule has 1 N–H and O–H groups in total. The van der Waals surface area contributed by atoms with Gasteiger partial charge in [0.1, 0.15) is 5.75 Å². The molecule has 0 aromatic heterocycles. The fraction of sp³-hybridized carbons (Fsp3) is 0.105. The molecule has 1 aliphatic rings. The summed E-state index contributed by atoms with van der Waals surface area (Å²) in [5.41, 5.74) is 2.14. The number of methoxy groups -OCH3 is 1. The normalized spacial score (nSPS) is 15.5. The van der Waals surface area contributed by atoms with Crippen LogP contribution in [0.4, 0.5) is 11.4 Å². The molecule has 132 valence electrons. The van der Waals surface area contributed by atoms with Crippen molar-refractivity contribution in [1.82, 2.24) is 0 Å². The van der Waals surface area contributed by atoms with Gasteiger partial charge in [0.05, 0.1) is 17.7 Å². The average Bonchev–Trinajstić information content (AvgIpc) is 2.89. The van der Waals surface area contributed by atoms with Gasteiger partial charge < -0.3 is 10.1 Å². The van der Waals surface area contributed by atoms with E-state index < -0.39 is 0 Å². The number of nitrogens with zero attached hydrogens (tertiary/aromatic N) is 1. The zero-order chi connectivity index (χ0) is 18.7. The summed E-state index contributed by atoms with van der Waals surface area (Å²) < 4.78 is 5.79. The van der Waals surface area contributed by atoms with E-state index in [1.54, 1.807) is 37.5 Å². The molecule has 1 saturated heterocycles. The van der Waals surface area contributed by atoms with E-state index in [2.05, 4.69) is 5.32 Å². The first kappa shape index (κ1) is 18.2. The Labute approximate surface area is 161 Å². The highest BCUT2D eigenvalue weighted by molar-refractivity contribution is 8.27. The van der Waals surface area contributed by atoms with Crippen molar-refractivity contribution < 1.29 is 14.3 Å². The minimum atomic E-state index is -0.182. The number of thiocarbonyl (C=S) groups is 1. The lowest BCUT2D eigenvalue weighted by atomic mass is 10.2. The van der Waals surface area contributed by atoms with E-state index in [1.807, 2.05) is 24.3 Å². The molecule has 1 heterocycles. The molecule has 3 rings (SSSR count). The van der Waals surface area contributed by atoms with Gasteiger partial charge in [0.25, 0.3) is 5.91 Å². The van der Waals surface area contributed by atoms with Crippen LogP contribution < -0.4 is 15.0 Å². The summed E-state index contributed by atoms with van der Waals surface area (Å²) in [6.45, 7) is 1.44. The molecule has 0 aliphatic carbocycles. The molecule has 2 aromatic rings. The Balaban J connectivity index is 1.87. The predicted molar refractivity (Wildman–Crippen MR) is 109 cm³/mol. The summed E-state index contributed by atoms with van der Waals surface area (Å²) in [6, 6.07) is 14.5. The third-order valence-corrected chi connectivity index (χ3v) is 4.97. The van der Waals surface area contributed by atoms with E-state index in [4.69, 9.17) is 17.0 Å². The zero-order valence-corrected chi connectivity index (χ0v) is 15.8. The lowest BCUT2D eigenvalue weighted by Gasteiger charge is -2.15. The summed E-state index contributed by atoms with van der Waals surface area (Å²) in [5, 5.41) is 2.69. The number of anilines is 2. The Morgan fingerprint density at radius 2 is 1.88 bits per heavy atom. The van der Waals surface area contributed by atoms with Crippen LogP contribution in [0.3, 0.4) is 0 Å². The van der Waals surface area contributed by atoms with Gasteiger partial charge in [0, 0.05) is 18.2 Å². The van der Waals surface area contributed by atoms with Crippen LogP contribution in [-0.2, 0) is 9.59 Å². The van der Waals surface area contributed by atoms with Gasteiger partial charge in [-0.05, 0) is 36.4 Å². The molecule has 1 aliphatic heterocycles. The van der Waals surface area contributed by atoms with Crippen molar-refractivity contribution in [3.8, 4) is 5.75 Å². The number of carbonyl (C=O) groups is 2. The van der Waals surface area contributed by atoms with E-state index in [0.717, 1.165) is 5.56 Å². The highest BCUT2D eigenvalue weighted by atomic mass is 32.2. The number of para-hydroxylation sites is 1. The van der Waals surface area contributed by atoms with Crippen LogP contribution in [0.25, 0.3) is 6.08 Å². The standard InChI is InChI=1S/C19H16N2O3S2/c1-12(22)20-14-7-9-15(10-8-14)21-18(23)17(26-19(21)25)11-13-5-3-4-6-16(13)24-2/h3-11H,1-2H3,(H,20,22)/b17-11-. The van der Waals surface area contributed by atoms with Crippen LogP contribution in [0.2, 0.25) is 0 Å². The molecule has 0 spiro atoms. The highest BCUT2D eigenvalue weighted by Crippen LogP contribution is 2.37. The fourth-order valence-corrected chi connectivity index (χ4v) is 3.80. The molecule has 0 bridgehead atoms. The molecular weight excluding hydrogens is 368 g/mol. The zero-order valence-electron chi connectivity index (χ0n) is 14.2. The lowest BCUT2D eigenvalue weighted by molar-refractivity contribution is -0.114. The topological polar surface area (TPSA) is 58.6 Å². The van der Waals surface area contributed by atoms with Crippen molar-refractivity contribution in [2.45, 2.75) is 6.92 Å². The molecule has 5 nitrogen and oxygen atoms in total. The largest absolute Gasteiger partial charge is 0.496 e. The molecule has 7 heteroatoms. The first-order valence-electron chi connectivity index (χ1n) is 7.78. The summed E-state index contributed by atoms with van der Waals surface area (Å²) in [4.78, 5) is 25.9. The van der Waals surface area contributed by atoms with Crippen LogP contribution in [0.1, 0.15) is 12.5 Å². The van der Waals surface area contributed by atoms with Gasteiger partial charge in [-0.15, -0.1) is 0 Å². The number of ether oxygens (including phenoxy) is 1. The third kappa shape index (κ3) is 3.79. The Morgan fingerprint density at radius 1 is 1.19 bits per heavy atom. The molecule has 0 radical (unpaired) electrons. The summed E-state index contributed by atoms with van der Waals surface area (Å²) in [7, 11) is 1.59. The molecule has 26 heavy (non-hydrogen) atoms. The Morgan fingerprint density at radius 3 is 2.54 bits per heavy atom. The number of rotatable bonds is 4. The van der Waals surface area contributed by atoms with Gasteiger partial charge >= 0.3 is 0 Å². The third-order valence-electron chi connectivity index (χ3n) is 3.67. The molecule has 2 amide bonds. The van der Waals surface area contributed by atoms with Gasteiger partial charge in [-0.25, -0.2) is 0 Å². The molecular formula is C19H16N2O3S2. The summed E-state index contributed by atoms with van der Waals surface area (Å²) in [5.74, 6) is 0.360. The molecule has 0 unspecified atom stereocenters. The van der Waals surface area contributed by atoms with Gasteiger partial charge in [-0.1, -0.05) is 42.2 Å². The van der Waals surface area contributed by atoms with Crippen LogP contribution in [-0.4, -0.2) is 23.2 Å². The lowest BCUT2D eigenvalue weighted by Crippen LogP contribution is -2.27. The SMILES string of the molecule is COc1ccccc1/C=C1\SC(=S)N(c2ccc(NC(C)=O)cc2)C1=O. The maximum Gasteiger partial charge on any atom is 0.270 e. The van der Waals surface area contributed by atoms with E-state index in [-0.39, 0.29) is 11.8 Å². The predicted octanol–water partition coefficient (Wildman–Crippen LogP) is 4.06. The van der Waals surface area contributed by atoms with Gasteiger partial charge in [0.15, 0.2) is 4.32 Å². The Kier molecular flexibility index (Phi) is 5.39. The van der Waals surface area contributed by atoms with Crippen LogP contribution in [0, 0.1) is 0 Å². The minimum absolute atomic E-state index is 0.150. The number of nitrogens with one attached hydrogen (secondary N) is 1. The van der Waals surface area contributed by atoms with E-state index in [0.29, 0.717) is 26.3 Å². The first-order valence-corrected chi connectivity index (χ1v) is 9.00. The second-order valence-corrected chi connectivity index (χ2v) is 7.16. The second-order valence-electron chi connectivity index (χ2n) is 5.49. The monoisotopic (exact) mass is 384 g/mol. The number of amides is 2. The second kappa shape index (κ2) is 7.72. The van der Waals surface area contributed by atoms with Crippen LogP contribution in [0.5, 0.6) is 5.75 Å². The minimum Gasteiger partial charge on any atom is -0.496 e. The van der Waals surface area contributed by atoms with E-state index in [9.17, 15) is 9.59 Å². The van der Waals surface area contributed by atoms with Gasteiger partial charge in [-0.2, -0.15) is 0 Å². The number of hydrogen-bond acceptors (Lipinski definition) is 5. The first-order chi connectivity index (χ1) is 12.5. The smallest absolute Gasteiger partial charge is 0.270 e. The van der Waals surface area contributed by atoms with Crippen LogP contribution in [0.15, 0.2) is 53.4 Å². The molecule has 1 fully saturated rings. The van der Waals surface area contributed by atoms with Crippen molar-refractivity contribution in [3.63, 3.8) is 0 Å². The van der Waals surface area contributed by atoms with Gasteiger partial charge in [0.2, 0.25) is 5.91 Å². The van der Waals surface area contributed by atoms with Crippen molar-refractivity contribution in [3.05, 3.63) is 59.0 Å².